The Balaban J connectivity index is 2.12. The van der Waals surface area contributed by atoms with Crippen LogP contribution in [0.4, 0.5) is 5.69 Å². The van der Waals surface area contributed by atoms with Gasteiger partial charge in [-0.2, -0.15) is 0 Å². The molecule has 1 aromatic rings. The molecule has 0 bridgehead atoms. The zero-order valence-corrected chi connectivity index (χ0v) is 13.3. The molecule has 106 valence electrons. The summed E-state index contributed by atoms with van der Waals surface area (Å²) in [5.41, 5.74) is 8.51. The Morgan fingerprint density at radius 3 is 2.74 bits per heavy atom. The molecular weight excluding hydrogens is 304 g/mol. The molecule has 1 heterocycles. The highest BCUT2D eigenvalue weighted by molar-refractivity contribution is 9.10. The summed E-state index contributed by atoms with van der Waals surface area (Å²) in [6, 6.07) is 6.40. The van der Waals surface area contributed by atoms with E-state index in [1.54, 1.807) is 0 Å². The molecule has 0 aliphatic carbocycles. The van der Waals surface area contributed by atoms with Gasteiger partial charge >= 0.3 is 0 Å². The maximum Gasteiger partial charge on any atom is 0.0469 e. The molecule has 0 amide bonds. The highest BCUT2D eigenvalue weighted by Gasteiger charge is 2.18. The minimum absolute atomic E-state index is 0.0558. The van der Waals surface area contributed by atoms with E-state index in [0.29, 0.717) is 0 Å². The van der Waals surface area contributed by atoms with Gasteiger partial charge in [-0.15, -0.1) is 0 Å². The summed E-state index contributed by atoms with van der Waals surface area (Å²) in [5.74, 6) is 0.721. The first-order valence-corrected chi connectivity index (χ1v) is 7.71. The number of nitrogens with two attached hydrogens (primary N) is 1. The summed E-state index contributed by atoms with van der Waals surface area (Å²) >= 11 is 3.55. The summed E-state index contributed by atoms with van der Waals surface area (Å²) in [5, 5.41) is 0. The second-order valence-corrected chi connectivity index (χ2v) is 6.34. The highest BCUT2D eigenvalue weighted by Crippen LogP contribution is 2.29. The largest absolute Gasteiger partial charge is 0.381 e. The quantitative estimate of drug-likeness (QED) is 0.922. The number of halogens is 1. The molecule has 1 fully saturated rings. The number of ether oxygens (including phenoxy) is 1. The lowest BCUT2D eigenvalue weighted by Gasteiger charge is -2.30. The molecule has 1 atom stereocenters. The smallest absolute Gasteiger partial charge is 0.0469 e. The van der Waals surface area contributed by atoms with E-state index in [1.165, 1.54) is 11.3 Å². The van der Waals surface area contributed by atoms with E-state index in [1.807, 2.05) is 6.92 Å². The molecule has 1 aromatic carbocycles. The third kappa shape index (κ3) is 3.94. The van der Waals surface area contributed by atoms with Crippen LogP contribution >= 0.6 is 15.9 Å². The van der Waals surface area contributed by atoms with E-state index in [0.717, 1.165) is 43.0 Å². The predicted molar refractivity (Wildman–Crippen MR) is 83.6 cm³/mol. The molecule has 1 saturated heterocycles. The van der Waals surface area contributed by atoms with Crippen LogP contribution in [0.15, 0.2) is 22.7 Å². The average molecular weight is 327 g/mol. The summed E-state index contributed by atoms with van der Waals surface area (Å²) < 4.78 is 6.52. The van der Waals surface area contributed by atoms with Crippen molar-refractivity contribution < 1.29 is 4.74 Å². The first-order valence-electron chi connectivity index (χ1n) is 6.92. The number of anilines is 1. The SMILES string of the molecule is CC(N)c1ccc(Br)cc1N(C)CC1CCOCC1. The van der Waals surface area contributed by atoms with Crippen molar-refractivity contribution in [2.75, 3.05) is 31.7 Å². The second-order valence-electron chi connectivity index (χ2n) is 5.43. The van der Waals surface area contributed by atoms with Crippen LogP contribution < -0.4 is 10.6 Å². The number of hydrogen-bond donors (Lipinski definition) is 1. The lowest BCUT2D eigenvalue weighted by atomic mass is 9.98. The van der Waals surface area contributed by atoms with Crippen LogP contribution in [0.2, 0.25) is 0 Å². The van der Waals surface area contributed by atoms with Crippen LogP contribution in [0.5, 0.6) is 0 Å². The third-order valence-electron chi connectivity index (χ3n) is 3.77. The van der Waals surface area contributed by atoms with Gasteiger partial charge in [-0.3, -0.25) is 0 Å². The minimum atomic E-state index is 0.0558. The van der Waals surface area contributed by atoms with Gasteiger partial charge in [0.2, 0.25) is 0 Å². The van der Waals surface area contributed by atoms with Crippen molar-refractivity contribution in [3.63, 3.8) is 0 Å². The number of rotatable bonds is 4. The van der Waals surface area contributed by atoms with Crippen molar-refractivity contribution in [1.82, 2.24) is 0 Å². The van der Waals surface area contributed by atoms with Crippen molar-refractivity contribution >= 4 is 21.6 Å². The topological polar surface area (TPSA) is 38.5 Å². The molecule has 0 saturated carbocycles. The fourth-order valence-corrected chi connectivity index (χ4v) is 3.00. The van der Waals surface area contributed by atoms with Gasteiger partial charge in [-0.25, -0.2) is 0 Å². The van der Waals surface area contributed by atoms with Crippen LogP contribution in [0.25, 0.3) is 0 Å². The van der Waals surface area contributed by atoms with Gasteiger partial charge in [-0.1, -0.05) is 22.0 Å². The Morgan fingerprint density at radius 1 is 1.42 bits per heavy atom. The molecule has 1 aliphatic rings. The maximum absolute atomic E-state index is 6.07. The Labute approximate surface area is 124 Å². The van der Waals surface area contributed by atoms with E-state index < -0.39 is 0 Å². The van der Waals surface area contributed by atoms with Crippen LogP contribution in [-0.4, -0.2) is 26.8 Å². The zero-order valence-electron chi connectivity index (χ0n) is 11.7. The third-order valence-corrected chi connectivity index (χ3v) is 4.26. The number of nitrogens with zero attached hydrogens (tertiary/aromatic N) is 1. The van der Waals surface area contributed by atoms with Crippen LogP contribution in [0.1, 0.15) is 31.4 Å². The van der Waals surface area contributed by atoms with Crippen LogP contribution in [0, 0.1) is 5.92 Å². The maximum atomic E-state index is 6.07. The Bertz CT molecular complexity index is 417. The van der Waals surface area contributed by atoms with E-state index in [4.69, 9.17) is 10.5 Å². The molecule has 0 radical (unpaired) electrons. The van der Waals surface area contributed by atoms with Crippen molar-refractivity contribution in [2.45, 2.75) is 25.8 Å². The molecule has 0 spiro atoms. The Kier molecular flexibility index (Phi) is 5.25. The van der Waals surface area contributed by atoms with E-state index in [-0.39, 0.29) is 6.04 Å². The van der Waals surface area contributed by atoms with Crippen molar-refractivity contribution in [3.8, 4) is 0 Å². The second kappa shape index (κ2) is 6.73. The fraction of sp³-hybridized carbons (Fsp3) is 0.600. The van der Waals surface area contributed by atoms with Gasteiger partial charge < -0.3 is 15.4 Å². The molecule has 4 heteroatoms. The normalized spacial score (nSPS) is 18.3. The van der Waals surface area contributed by atoms with Crippen molar-refractivity contribution in [3.05, 3.63) is 28.2 Å². The summed E-state index contributed by atoms with van der Waals surface area (Å²) in [4.78, 5) is 2.33. The molecule has 0 aromatic heterocycles. The van der Waals surface area contributed by atoms with Crippen molar-refractivity contribution in [1.29, 1.82) is 0 Å². The van der Waals surface area contributed by atoms with Crippen LogP contribution in [0.3, 0.4) is 0 Å². The first kappa shape index (κ1) is 14.8. The molecule has 1 unspecified atom stereocenters. The molecule has 3 nitrogen and oxygen atoms in total. The molecular formula is C15H23BrN2O. The fourth-order valence-electron chi connectivity index (χ4n) is 2.65. The van der Waals surface area contributed by atoms with Crippen molar-refractivity contribution in [2.24, 2.45) is 11.7 Å². The van der Waals surface area contributed by atoms with E-state index in [2.05, 4.69) is 46.1 Å². The monoisotopic (exact) mass is 326 g/mol. The highest BCUT2D eigenvalue weighted by atomic mass is 79.9. The molecule has 1 aliphatic heterocycles. The van der Waals surface area contributed by atoms with Crippen LogP contribution in [-0.2, 0) is 4.74 Å². The summed E-state index contributed by atoms with van der Waals surface area (Å²) in [7, 11) is 2.16. The number of benzene rings is 1. The Morgan fingerprint density at radius 2 is 2.11 bits per heavy atom. The van der Waals surface area contributed by atoms with Gasteiger partial charge in [0.05, 0.1) is 0 Å². The first-order chi connectivity index (χ1) is 9.08. The van der Waals surface area contributed by atoms with Gasteiger partial charge in [0.15, 0.2) is 0 Å². The standard InChI is InChI=1S/C15H23BrN2O/c1-11(17)14-4-3-13(16)9-15(14)18(2)10-12-5-7-19-8-6-12/h3-4,9,11-12H,5-8,10,17H2,1-2H3. The molecule has 19 heavy (non-hydrogen) atoms. The number of hydrogen-bond acceptors (Lipinski definition) is 3. The average Bonchev–Trinajstić information content (AvgIpc) is 2.39. The van der Waals surface area contributed by atoms with Gasteiger partial charge in [-0.05, 0) is 43.4 Å². The molecule has 2 rings (SSSR count). The Hall–Kier alpha value is -0.580. The van der Waals surface area contributed by atoms with E-state index in [9.17, 15) is 0 Å². The predicted octanol–water partition coefficient (Wildman–Crippen LogP) is 3.33. The van der Waals surface area contributed by atoms with E-state index >= 15 is 0 Å². The van der Waals surface area contributed by atoms with Gasteiger partial charge in [0.25, 0.3) is 0 Å². The lowest BCUT2D eigenvalue weighted by Crippen LogP contribution is -2.30. The van der Waals surface area contributed by atoms with Gasteiger partial charge in [0.1, 0.15) is 0 Å². The van der Waals surface area contributed by atoms with Gasteiger partial charge in [0, 0.05) is 43.0 Å². The minimum Gasteiger partial charge on any atom is -0.381 e. The summed E-state index contributed by atoms with van der Waals surface area (Å²) in [6.45, 7) is 4.91. The zero-order chi connectivity index (χ0) is 13.8. The molecule has 2 N–H and O–H groups in total. The summed E-state index contributed by atoms with van der Waals surface area (Å²) in [6.07, 6.45) is 2.32. The lowest BCUT2D eigenvalue weighted by molar-refractivity contribution is 0.0685.